The molecule has 1 N–H and O–H groups in total. The van der Waals surface area contributed by atoms with E-state index in [1.54, 1.807) is 25.7 Å². The third-order valence-corrected chi connectivity index (χ3v) is 3.28. The number of nitrogens with zero attached hydrogens (tertiary/aromatic N) is 1. The van der Waals surface area contributed by atoms with E-state index < -0.39 is 5.60 Å². The maximum atomic E-state index is 10.7. The first-order chi connectivity index (χ1) is 9.76. The van der Waals surface area contributed by atoms with Crippen molar-refractivity contribution < 1.29 is 9.90 Å². The topological polar surface area (TPSA) is 40.5 Å². The summed E-state index contributed by atoms with van der Waals surface area (Å²) >= 11 is 6.06. The Kier molecular flexibility index (Phi) is 6.26. The lowest BCUT2D eigenvalue weighted by Gasteiger charge is -2.12. The number of rotatable bonds is 1. The van der Waals surface area contributed by atoms with Crippen LogP contribution in [-0.2, 0) is 17.6 Å². The summed E-state index contributed by atoms with van der Waals surface area (Å²) in [4.78, 5) is 12.5. The molecule has 2 rings (SSSR count). The molecule has 0 radical (unpaired) electrons. The van der Waals surface area contributed by atoms with Crippen molar-refractivity contribution in [1.29, 1.82) is 0 Å². The molecule has 1 amide bonds. The summed E-state index contributed by atoms with van der Waals surface area (Å²) < 4.78 is 0. The van der Waals surface area contributed by atoms with Gasteiger partial charge in [0, 0.05) is 18.7 Å². The van der Waals surface area contributed by atoms with E-state index in [4.69, 9.17) is 23.1 Å². The van der Waals surface area contributed by atoms with Crippen LogP contribution in [0.1, 0.15) is 37.5 Å². The molecule has 0 aliphatic carbocycles. The number of hydrogen-bond acceptors (Lipinski definition) is 2. The lowest BCUT2D eigenvalue weighted by Crippen LogP contribution is -2.24. The number of carbonyl (C=O) groups excluding carboxylic acids is 1. The number of terminal acetylenes is 1. The summed E-state index contributed by atoms with van der Waals surface area (Å²) in [5.41, 5.74) is 2.62. The summed E-state index contributed by atoms with van der Waals surface area (Å²) in [7, 11) is 0. The second-order valence-electron chi connectivity index (χ2n) is 6.02. The van der Waals surface area contributed by atoms with Gasteiger partial charge in [-0.3, -0.25) is 4.79 Å². The predicted molar refractivity (Wildman–Crippen MR) is 86.4 cm³/mol. The smallest absolute Gasteiger partial charge is 0.209 e. The van der Waals surface area contributed by atoms with E-state index in [-0.39, 0.29) is 0 Å². The highest BCUT2D eigenvalue weighted by atomic mass is 35.5. The van der Waals surface area contributed by atoms with Crippen molar-refractivity contribution in [2.75, 3.05) is 13.1 Å². The fourth-order valence-corrected chi connectivity index (χ4v) is 2.31. The van der Waals surface area contributed by atoms with Gasteiger partial charge in [0.25, 0.3) is 0 Å². The van der Waals surface area contributed by atoms with E-state index in [1.165, 1.54) is 5.56 Å². The monoisotopic (exact) mass is 307 g/mol. The molecule has 0 atom stereocenters. The maximum absolute atomic E-state index is 10.7. The van der Waals surface area contributed by atoms with Crippen LogP contribution in [0, 0.1) is 12.3 Å². The molecule has 1 heterocycles. The SMILES string of the molecule is C#Cc1c(Cl)ccc2c1CCN(C=O)CC2.CC(C)(C)O. The third-order valence-electron chi connectivity index (χ3n) is 2.97. The molecule has 1 aliphatic heterocycles. The van der Waals surface area contributed by atoms with Crippen LogP contribution in [0.5, 0.6) is 0 Å². The second kappa shape index (κ2) is 7.49. The minimum absolute atomic E-state index is 0.500. The predicted octanol–water partition coefficient (Wildman–Crippen LogP) is 2.66. The van der Waals surface area contributed by atoms with Crippen LogP contribution in [0.15, 0.2) is 12.1 Å². The minimum Gasteiger partial charge on any atom is -0.391 e. The fraction of sp³-hybridized carbons (Fsp3) is 0.471. The van der Waals surface area contributed by atoms with Crippen LogP contribution >= 0.6 is 11.6 Å². The summed E-state index contributed by atoms with van der Waals surface area (Å²) in [5.74, 6) is 2.65. The Hall–Kier alpha value is -1.50. The average Bonchev–Trinajstić information content (AvgIpc) is 2.59. The van der Waals surface area contributed by atoms with Gasteiger partial charge in [-0.1, -0.05) is 23.6 Å². The Bertz CT molecular complexity index is 535. The minimum atomic E-state index is -0.500. The molecule has 0 saturated heterocycles. The van der Waals surface area contributed by atoms with Gasteiger partial charge in [-0.25, -0.2) is 0 Å². The maximum Gasteiger partial charge on any atom is 0.209 e. The molecule has 0 spiro atoms. The van der Waals surface area contributed by atoms with Crippen molar-refractivity contribution >= 4 is 18.0 Å². The molecule has 1 aliphatic rings. The zero-order valence-corrected chi connectivity index (χ0v) is 13.6. The molecule has 0 unspecified atom stereocenters. The normalized spacial score (nSPS) is 14.2. The van der Waals surface area contributed by atoms with Gasteiger partial charge in [-0.05, 0) is 50.8 Å². The van der Waals surface area contributed by atoms with Crippen LogP contribution in [0.2, 0.25) is 5.02 Å². The zero-order valence-electron chi connectivity index (χ0n) is 12.8. The molecular formula is C17H22ClNO2. The van der Waals surface area contributed by atoms with Gasteiger partial charge >= 0.3 is 0 Å². The highest BCUT2D eigenvalue weighted by molar-refractivity contribution is 6.31. The lowest BCUT2D eigenvalue weighted by atomic mass is 9.97. The van der Waals surface area contributed by atoms with E-state index in [2.05, 4.69) is 5.92 Å². The van der Waals surface area contributed by atoms with E-state index >= 15 is 0 Å². The molecule has 4 heteroatoms. The summed E-state index contributed by atoms with van der Waals surface area (Å²) in [6.07, 6.45) is 8.00. The quantitative estimate of drug-likeness (QED) is 0.640. The van der Waals surface area contributed by atoms with Gasteiger partial charge < -0.3 is 10.0 Å². The standard InChI is InChI=1S/C13H12ClNO.C4H10O/c1-2-11-12-6-8-15(9-16)7-5-10(12)3-4-13(11)14;1-4(2,3)5/h1,3-4,9H,5-8H2;5H,1-3H3. The molecule has 0 saturated carbocycles. The third kappa shape index (κ3) is 5.79. The Morgan fingerprint density at radius 3 is 2.43 bits per heavy atom. The van der Waals surface area contributed by atoms with Gasteiger partial charge in [0.15, 0.2) is 0 Å². The van der Waals surface area contributed by atoms with Crippen molar-refractivity contribution in [3.63, 3.8) is 0 Å². The number of carbonyl (C=O) groups is 1. The van der Waals surface area contributed by atoms with Crippen LogP contribution in [-0.4, -0.2) is 35.1 Å². The largest absolute Gasteiger partial charge is 0.391 e. The van der Waals surface area contributed by atoms with E-state index in [0.717, 1.165) is 36.9 Å². The van der Waals surface area contributed by atoms with Crippen LogP contribution in [0.25, 0.3) is 0 Å². The number of hydrogen-bond donors (Lipinski definition) is 1. The zero-order chi connectivity index (χ0) is 16.0. The molecular weight excluding hydrogens is 286 g/mol. The van der Waals surface area contributed by atoms with Crippen LogP contribution < -0.4 is 0 Å². The van der Waals surface area contributed by atoms with Crippen LogP contribution in [0.3, 0.4) is 0 Å². The summed E-state index contributed by atoms with van der Waals surface area (Å²) in [5, 5.41) is 9.15. The highest BCUT2D eigenvalue weighted by Crippen LogP contribution is 2.25. The molecule has 1 aromatic rings. The molecule has 1 aromatic carbocycles. The summed E-state index contributed by atoms with van der Waals surface area (Å²) in [6, 6.07) is 3.85. The second-order valence-corrected chi connectivity index (χ2v) is 6.42. The van der Waals surface area contributed by atoms with Gasteiger partial charge in [-0.2, -0.15) is 0 Å². The number of halogens is 1. The summed E-state index contributed by atoms with van der Waals surface area (Å²) in [6.45, 7) is 6.70. The van der Waals surface area contributed by atoms with Gasteiger partial charge in [0.2, 0.25) is 6.41 Å². The number of fused-ring (bicyclic) bond motifs is 1. The number of benzene rings is 1. The first-order valence-corrected chi connectivity index (χ1v) is 7.32. The van der Waals surface area contributed by atoms with Crippen molar-refractivity contribution in [2.45, 2.75) is 39.2 Å². The van der Waals surface area contributed by atoms with Gasteiger partial charge in [-0.15, -0.1) is 6.42 Å². The Morgan fingerprint density at radius 1 is 1.33 bits per heavy atom. The molecule has 0 bridgehead atoms. The molecule has 3 nitrogen and oxygen atoms in total. The molecule has 0 aromatic heterocycles. The average molecular weight is 308 g/mol. The molecule has 114 valence electrons. The van der Waals surface area contributed by atoms with E-state index in [1.807, 2.05) is 12.1 Å². The van der Waals surface area contributed by atoms with Gasteiger partial charge in [0.1, 0.15) is 0 Å². The van der Waals surface area contributed by atoms with Crippen molar-refractivity contribution in [3.05, 3.63) is 33.8 Å². The Labute approximate surface area is 131 Å². The Morgan fingerprint density at radius 2 is 1.90 bits per heavy atom. The number of aliphatic hydroxyl groups is 1. The van der Waals surface area contributed by atoms with E-state index in [9.17, 15) is 4.79 Å². The first kappa shape index (κ1) is 17.6. The van der Waals surface area contributed by atoms with E-state index in [0.29, 0.717) is 11.6 Å². The Balaban J connectivity index is 0.000000383. The molecule has 0 fully saturated rings. The molecule has 21 heavy (non-hydrogen) atoms. The number of amides is 1. The van der Waals surface area contributed by atoms with Gasteiger partial charge in [0.05, 0.1) is 10.6 Å². The highest BCUT2D eigenvalue weighted by Gasteiger charge is 2.16. The van der Waals surface area contributed by atoms with Crippen molar-refractivity contribution in [3.8, 4) is 12.3 Å². The van der Waals surface area contributed by atoms with Crippen LogP contribution in [0.4, 0.5) is 0 Å². The fourth-order valence-electron chi connectivity index (χ4n) is 2.07. The van der Waals surface area contributed by atoms with Crippen molar-refractivity contribution in [1.82, 2.24) is 4.90 Å². The van der Waals surface area contributed by atoms with Crippen molar-refractivity contribution in [2.24, 2.45) is 0 Å². The first-order valence-electron chi connectivity index (χ1n) is 6.95. The lowest BCUT2D eigenvalue weighted by molar-refractivity contribution is -0.118.